The first-order chi connectivity index (χ1) is 10.3. The zero-order valence-electron chi connectivity index (χ0n) is 12.2. The van der Waals surface area contributed by atoms with Crippen LogP contribution in [0, 0.1) is 0 Å². The average Bonchev–Trinajstić information content (AvgIpc) is 2.97. The maximum absolute atomic E-state index is 5.66. The highest BCUT2D eigenvalue weighted by Crippen LogP contribution is 2.29. The monoisotopic (exact) mass is 298 g/mol. The van der Waals surface area contributed by atoms with Crippen LogP contribution in [0.4, 0.5) is 5.69 Å². The van der Waals surface area contributed by atoms with E-state index in [9.17, 15) is 0 Å². The molecule has 3 nitrogen and oxygen atoms in total. The van der Waals surface area contributed by atoms with Crippen LogP contribution in [0.1, 0.15) is 25.5 Å². The van der Waals surface area contributed by atoms with Crippen molar-refractivity contribution in [3.8, 4) is 5.75 Å². The topological polar surface area (TPSA) is 34.1 Å². The summed E-state index contributed by atoms with van der Waals surface area (Å²) in [5.74, 6) is 0.886. The lowest BCUT2D eigenvalue weighted by Gasteiger charge is -2.18. The minimum atomic E-state index is 0.172. The number of aromatic nitrogens is 1. The van der Waals surface area contributed by atoms with Crippen molar-refractivity contribution in [2.45, 2.75) is 19.9 Å². The van der Waals surface area contributed by atoms with Gasteiger partial charge in [-0.3, -0.25) is 4.98 Å². The SMILES string of the molecule is CCOc1ccccc1NC(C)c1cnc2ccsc2c1. The van der Waals surface area contributed by atoms with Crippen molar-refractivity contribution in [1.29, 1.82) is 0 Å². The summed E-state index contributed by atoms with van der Waals surface area (Å²) in [7, 11) is 0. The van der Waals surface area contributed by atoms with Crippen LogP contribution < -0.4 is 10.1 Å². The Morgan fingerprint density at radius 1 is 1.29 bits per heavy atom. The lowest BCUT2D eigenvalue weighted by molar-refractivity contribution is 0.341. The van der Waals surface area contributed by atoms with Crippen LogP contribution in [0.3, 0.4) is 0 Å². The maximum Gasteiger partial charge on any atom is 0.142 e. The van der Waals surface area contributed by atoms with Crippen molar-refractivity contribution in [2.75, 3.05) is 11.9 Å². The molecule has 0 radical (unpaired) electrons. The normalized spacial score (nSPS) is 12.3. The number of hydrogen-bond donors (Lipinski definition) is 1. The van der Waals surface area contributed by atoms with E-state index in [0.29, 0.717) is 6.61 Å². The quantitative estimate of drug-likeness (QED) is 0.730. The van der Waals surface area contributed by atoms with Gasteiger partial charge in [-0.05, 0) is 49.1 Å². The number of hydrogen-bond acceptors (Lipinski definition) is 4. The van der Waals surface area contributed by atoms with Crippen LogP contribution in [0.2, 0.25) is 0 Å². The van der Waals surface area contributed by atoms with E-state index in [0.717, 1.165) is 17.0 Å². The largest absolute Gasteiger partial charge is 0.492 e. The molecule has 1 atom stereocenters. The van der Waals surface area contributed by atoms with E-state index in [-0.39, 0.29) is 6.04 Å². The molecule has 4 heteroatoms. The molecule has 1 N–H and O–H groups in total. The molecule has 0 aliphatic rings. The third-order valence-electron chi connectivity index (χ3n) is 3.38. The predicted molar refractivity (Wildman–Crippen MR) is 89.3 cm³/mol. The minimum absolute atomic E-state index is 0.172. The fourth-order valence-corrected chi connectivity index (χ4v) is 3.07. The molecule has 108 valence electrons. The summed E-state index contributed by atoms with van der Waals surface area (Å²) in [5.41, 5.74) is 3.25. The van der Waals surface area contributed by atoms with Gasteiger partial charge in [0, 0.05) is 6.20 Å². The van der Waals surface area contributed by atoms with E-state index >= 15 is 0 Å². The highest BCUT2D eigenvalue weighted by atomic mass is 32.1. The number of anilines is 1. The number of para-hydroxylation sites is 2. The number of pyridine rings is 1. The van der Waals surface area contributed by atoms with Crippen LogP contribution in [-0.4, -0.2) is 11.6 Å². The van der Waals surface area contributed by atoms with E-state index in [2.05, 4.69) is 28.7 Å². The molecule has 2 heterocycles. The van der Waals surface area contributed by atoms with Gasteiger partial charge in [0.25, 0.3) is 0 Å². The van der Waals surface area contributed by atoms with E-state index < -0.39 is 0 Å². The van der Waals surface area contributed by atoms with Crippen LogP contribution in [-0.2, 0) is 0 Å². The van der Waals surface area contributed by atoms with Crippen LogP contribution >= 0.6 is 11.3 Å². The minimum Gasteiger partial charge on any atom is -0.492 e. The maximum atomic E-state index is 5.66. The Balaban J connectivity index is 1.83. The first kappa shape index (κ1) is 13.9. The smallest absolute Gasteiger partial charge is 0.142 e. The highest BCUT2D eigenvalue weighted by molar-refractivity contribution is 7.17. The first-order valence-electron chi connectivity index (χ1n) is 7.09. The van der Waals surface area contributed by atoms with Crippen molar-refractivity contribution >= 4 is 27.2 Å². The summed E-state index contributed by atoms with van der Waals surface area (Å²) < 4.78 is 6.88. The van der Waals surface area contributed by atoms with Gasteiger partial charge in [-0.2, -0.15) is 0 Å². The first-order valence-corrected chi connectivity index (χ1v) is 7.97. The number of nitrogens with zero attached hydrogens (tertiary/aromatic N) is 1. The second-order valence-corrected chi connectivity index (χ2v) is 5.82. The molecule has 1 unspecified atom stereocenters. The van der Waals surface area contributed by atoms with Crippen LogP contribution in [0.5, 0.6) is 5.75 Å². The predicted octanol–water partition coefficient (Wildman–Crippen LogP) is 4.87. The molecule has 0 aliphatic carbocycles. The number of thiophene rings is 1. The van der Waals surface area contributed by atoms with Gasteiger partial charge in [0.05, 0.1) is 28.6 Å². The van der Waals surface area contributed by atoms with Crippen molar-refractivity contribution in [3.05, 3.63) is 53.5 Å². The molecule has 21 heavy (non-hydrogen) atoms. The molecule has 1 aromatic carbocycles. The van der Waals surface area contributed by atoms with Gasteiger partial charge in [0.1, 0.15) is 5.75 Å². The van der Waals surface area contributed by atoms with E-state index in [1.165, 1.54) is 10.3 Å². The van der Waals surface area contributed by atoms with Crippen molar-refractivity contribution < 1.29 is 4.74 Å². The molecule has 3 aromatic rings. The number of ether oxygens (including phenoxy) is 1. The summed E-state index contributed by atoms with van der Waals surface area (Å²) in [6.07, 6.45) is 1.94. The van der Waals surface area contributed by atoms with Crippen molar-refractivity contribution in [2.24, 2.45) is 0 Å². The second kappa shape index (κ2) is 6.14. The van der Waals surface area contributed by atoms with Crippen LogP contribution in [0.25, 0.3) is 10.2 Å². The number of fused-ring (bicyclic) bond motifs is 1. The Morgan fingerprint density at radius 2 is 2.14 bits per heavy atom. The summed E-state index contributed by atoms with van der Waals surface area (Å²) in [4.78, 5) is 4.50. The number of nitrogens with one attached hydrogen (secondary N) is 1. The zero-order chi connectivity index (χ0) is 14.7. The molecule has 0 amide bonds. The number of benzene rings is 1. The summed E-state index contributed by atoms with van der Waals surface area (Å²) >= 11 is 1.72. The van der Waals surface area contributed by atoms with Crippen LogP contribution in [0.15, 0.2) is 48.0 Å². The van der Waals surface area contributed by atoms with Gasteiger partial charge in [-0.15, -0.1) is 11.3 Å². The fraction of sp³-hybridized carbons (Fsp3) is 0.235. The highest BCUT2D eigenvalue weighted by Gasteiger charge is 2.10. The Hall–Kier alpha value is -2.07. The lowest BCUT2D eigenvalue weighted by Crippen LogP contribution is -2.08. The molecule has 0 saturated carbocycles. The van der Waals surface area contributed by atoms with Gasteiger partial charge in [-0.25, -0.2) is 0 Å². The number of rotatable bonds is 5. The van der Waals surface area contributed by atoms with Gasteiger partial charge in [0.2, 0.25) is 0 Å². The Morgan fingerprint density at radius 3 is 3.00 bits per heavy atom. The molecule has 0 spiro atoms. The zero-order valence-corrected chi connectivity index (χ0v) is 13.0. The van der Waals surface area contributed by atoms with Gasteiger partial charge in [-0.1, -0.05) is 12.1 Å². The van der Waals surface area contributed by atoms with E-state index in [4.69, 9.17) is 4.74 Å². The molecule has 0 aliphatic heterocycles. The summed E-state index contributed by atoms with van der Waals surface area (Å²) in [6.45, 7) is 4.80. The molecule has 0 saturated heterocycles. The Labute approximate surface area is 128 Å². The van der Waals surface area contributed by atoms with Crippen molar-refractivity contribution in [1.82, 2.24) is 4.98 Å². The molecule has 0 fully saturated rings. The summed E-state index contributed by atoms with van der Waals surface area (Å²) in [6, 6.07) is 12.4. The van der Waals surface area contributed by atoms with E-state index in [1.807, 2.05) is 43.5 Å². The van der Waals surface area contributed by atoms with Gasteiger partial charge in [0.15, 0.2) is 0 Å². The molecular weight excluding hydrogens is 280 g/mol. The van der Waals surface area contributed by atoms with Gasteiger partial charge >= 0.3 is 0 Å². The van der Waals surface area contributed by atoms with Gasteiger partial charge < -0.3 is 10.1 Å². The third-order valence-corrected chi connectivity index (χ3v) is 4.24. The Bertz CT molecular complexity index is 738. The standard InChI is InChI=1S/C17H18N2OS/c1-3-20-16-7-5-4-6-14(16)19-12(2)13-10-17-15(18-11-13)8-9-21-17/h4-12,19H,3H2,1-2H3. The third kappa shape index (κ3) is 3.00. The summed E-state index contributed by atoms with van der Waals surface area (Å²) in [5, 5.41) is 5.58. The molecule has 2 aromatic heterocycles. The second-order valence-electron chi connectivity index (χ2n) is 4.87. The molecule has 3 rings (SSSR count). The van der Waals surface area contributed by atoms with E-state index in [1.54, 1.807) is 11.3 Å². The van der Waals surface area contributed by atoms with Crippen molar-refractivity contribution in [3.63, 3.8) is 0 Å². The average molecular weight is 298 g/mol. The fourth-order valence-electron chi connectivity index (χ4n) is 2.28. The Kier molecular flexibility index (Phi) is 4.06. The lowest BCUT2D eigenvalue weighted by atomic mass is 10.1. The molecular formula is C17H18N2OS. The molecule has 0 bridgehead atoms.